The van der Waals surface area contributed by atoms with E-state index < -0.39 is 15.6 Å². The van der Waals surface area contributed by atoms with E-state index in [1.54, 1.807) is 21.3 Å². The lowest BCUT2D eigenvalue weighted by molar-refractivity contribution is -0.145. The summed E-state index contributed by atoms with van der Waals surface area (Å²) in [5.74, 6) is 1.64. The van der Waals surface area contributed by atoms with Gasteiger partial charge in [0.25, 0.3) is 0 Å². The van der Waals surface area contributed by atoms with E-state index in [9.17, 15) is 4.79 Å². The van der Waals surface area contributed by atoms with Crippen molar-refractivity contribution in [3.8, 4) is 17.2 Å². The number of ether oxygens (including phenoxy) is 4. The molecule has 2 fully saturated rings. The van der Waals surface area contributed by atoms with Gasteiger partial charge in [0.2, 0.25) is 10.0 Å². The zero-order chi connectivity index (χ0) is 24.3. The molecule has 180 valence electrons. The quantitative estimate of drug-likeness (QED) is 0.244. The first kappa shape index (κ1) is 23.6. The van der Waals surface area contributed by atoms with Crippen molar-refractivity contribution in [3.05, 3.63) is 42.0 Å². The van der Waals surface area contributed by atoms with Crippen LogP contribution in [0.3, 0.4) is 0 Å². The van der Waals surface area contributed by atoms with Gasteiger partial charge < -0.3 is 18.9 Å². The fourth-order valence-corrected chi connectivity index (χ4v) is 5.85. The summed E-state index contributed by atoms with van der Waals surface area (Å²) in [5, 5.41) is 3.97. The summed E-state index contributed by atoms with van der Waals surface area (Å²) in [6, 6.07) is 11.9. The zero-order valence-corrected chi connectivity index (χ0v) is 21.3. The molecule has 3 aromatic rings. The first-order valence-electron chi connectivity index (χ1n) is 10.9. The smallest absolute Gasteiger partial charge is 0.328 e. The molecule has 0 aliphatic carbocycles. The first-order chi connectivity index (χ1) is 16.2. The van der Waals surface area contributed by atoms with E-state index in [4.69, 9.17) is 53.8 Å². The summed E-state index contributed by atoms with van der Waals surface area (Å²) in [7, 11) is 4.86. The molecule has 2 aliphatic rings. The summed E-state index contributed by atoms with van der Waals surface area (Å²) < 4.78 is 20.4. The molecule has 2 saturated heterocycles. The molecule has 9 heteroatoms. The van der Waals surface area contributed by atoms with Gasteiger partial charge in [-0.3, -0.25) is 0 Å². The number of rotatable bonds is 5. The second-order valence-electron chi connectivity index (χ2n) is 8.68. The summed E-state index contributed by atoms with van der Waals surface area (Å²) in [4.78, 5) is 15.2. The topological polar surface area (TPSA) is 57.2 Å². The van der Waals surface area contributed by atoms with E-state index in [2.05, 4.69) is 6.07 Å². The second-order valence-corrected chi connectivity index (χ2v) is 11.0. The molecule has 5 rings (SSSR count). The number of fused-ring (bicyclic) bond motifs is 4. The first-order valence-corrected chi connectivity index (χ1v) is 12.0. The highest BCUT2D eigenvalue weighted by molar-refractivity contribution is 6.68. The lowest BCUT2D eigenvalue weighted by Gasteiger charge is -2.32. The number of benzene rings is 3. The Kier molecular flexibility index (Phi) is 5.92. The van der Waals surface area contributed by atoms with Crippen molar-refractivity contribution in [3.63, 3.8) is 0 Å². The van der Waals surface area contributed by atoms with Crippen LogP contribution in [0.2, 0.25) is 0 Å². The summed E-state index contributed by atoms with van der Waals surface area (Å²) >= 11 is 18.5. The van der Waals surface area contributed by atoms with E-state index in [1.165, 1.54) is 0 Å². The van der Waals surface area contributed by atoms with E-state index >= 15 is 0 Å². The maximum absolute atomic E-state index is 13.2. The number of alkyl halides is 3. The lowest BCUT2D eigenvalue weighted by Crippen LogP contribution is -2.50. The largest absolute Gasteiger partial charge is 0.497 e. The second kappa shape index (κ2) is 8.52. The third kappa shape index (κ3) is 3.63. The molecule has 0 spiro atoms. The number of carbonyl (C=O) groups excluding carboxylic acids is 1. The zero-order valence-electron chi connectivity index (χ0n) is 19.0. The van der Waals surface area contributed by atoms with Crippen molar-refractivity contribution in [1.82, 2.24) is 4.90 Å². The fraction of sp³-hybridized carbons (Fsp3) is 0.400. The van der Waals surface area contributed by atoms with Gasteiger partial charge >= 0.3 is 5.97 Å². The van der Waals surface area contributed by atoms with Gasteiger partial charge in [0.15, 0.2) is 11.5 Å². The van der Waals surface area contributed by atoms with Crippen LogP contribution >= 0.6 is 34.8 Å². The fourth-order valence-electron chi connectivity index (χ4n) is 5.37. The van der Waals surface area contributed by atoms with Gasteiger partial charge in [-0.25, -0.2) is 9.69 Å². The van der Waals surface area contributed by atoms with Gasteiger partial charge in [0.05, 0.1) is 21.3 Å². The summed E-state index contributed by atoms with van der Waals surface area (Å²) in [6.07, 6.45) is 0.931. The minimum Gasteiger partial charge on any atom is -0.497 e. The monoisotopic (exact) mass is 523 g/mol. The van der Waals surface area contributed by atoms with E-state index in [-0.39, 0.29) is 5.97 Å². The molecule has 34 heavy (non-hydrogen) atoms. The maximum atomic E-state index is 13.2. The van der Waals surface area contributed by atoms with Gasteiger partial charge in [-0.15, -0.1) is 0 Å². The van der Waals surface area contributed by atoms with E-state index in [0.717, 1.165) is 39.3 Å². The third-order valence-corrected chi connectivity index (χ3v) is 7.49. The highest BCUT2D eigenvalue weighted by atomic mass is 35.6. The molecule has 0 N–H and O–H groups in total. The predicted molar refractivity (Wildman–Crippen MR) is 134 cm³/mol. The van der Waals surface area contributed by atoms with Crippen LogP contribution in [0.25, 0.3) is 21.5 Å². The normalized spacial score (nSPS) is 22.8. The number of cyclic esters (lactones) is 1. The van der Waals surface area contributed by atoms with E-state index in [0.29, 0.717) is 30.9 Å². The Hall–Kier alpha value is -2.12. The van der Waals surface area contributed by atoms with Crippen LogP contribution in [-0.4, -0.2) is 54.3 Å². The van der Waals surface area contributed by atoms with Crippen LogP contribution in [0.15, 0.2) is 36.4 Å². The maximum Gasteiger partial charge on any atom is 0.328 e. The average Bonchev–Trinajstić information content (AvgIpc) is 3.35. The molecule has 2 aliphatic heterocycles. The molecular formula is C25H24Cl3NO5. The summed E-state index contributed by atoms with van der Waals surface area (Å²) in [5.41, 5.74) is 0.0805. The van der Waals surface area contributed by atoms with Crippen LogP contribution in [-0.2, 0) is 16.0 Å². The summed E-state index contributed by atoms with van der Waals surface area (Å²) in [6.45, 7) is 0.615. The van der Waals surface area contributed by atoms with Crippen molar-refractivity contribution in [2.45, 2.75) is 34.8 Å². The standard InChI is InChI=1S/C25H24Cl3NO5/c1-31-16-5-6-17-18(11-16)15(9-14-10-20(32-2)21(33-3)12-19(14)17)13-24-7-4-8-29(24)22(25(26,27)28)34-23(24)30/h5-6,9-12,22H,4,7-8,13H2,1-3H3/t22-,24-/m0/s1. The van der Waals surface area contributed by atoms with Gasteiger partial charge in [-0.1, -0.05) is 46.9 Å². The number of carbonyl (C=O) groups is 1. The van der Waals surface area contributed by atoms with Gasteiger partial charge in [0.1, 0.15) is 11.3 Å². The van der Waals surface area contributed by atoms with Crippen molar-refractivity contribution >= 4 is 62.3 Å². The average molecular weight is 525 g/mol. The number of methoxy groups -OCH3 is 3. The Bertz CT molecular complexity index is 1290. The molecule has 0 radical (unpaired) electrons. The van der Waals surface area contributed by atoms with Crippen LogP contribution in [0.4, 0.5) is 0 Å². The number of hydrogen-bond donors (Lipinski definition) is 0. The van der Waals surface area contributed by atoms with Gasteiger partial charge in [-0.05, 0) is 64.2 Å². The number of halogens is 3. The van der Waals surface area contributed by atoms with E-state index in [1.807, 2.05) is 35.2 Å². The SMILES string of the molecule is COc1ccc2c(c1)c(C[C@]13CCCN1[C@H](C(Cl)(Cl)Cl)OC3=O)cc1cc(OC)c(OC)cc12. The van der Waals surface area contributed by atoms with Crippen molar-refractivity contribution in [2.75, 3.05) is 27.9 Å². The Morgan fingerprint density at radius 3 is 2.41 bits per heavy atom. The van der Waals surface area contributed by atoms with Crippen molar-refractivity contribution in [2.24, 2.45) is 0 Å². The Morgan fingerprint density at radius 2 is 1.74 bits per heavy atom. The molecule has 0 bridgehead atoms. The molecule has 0 unspecified atom stereocenters. The minimum absolute atomic E-state index is 0.357. The van der Waals surface area contributed by atoms with Crippen molar-refractivity contribution in [1.29, 1.82) is 0 Å². The molecule has 0 saturated carbocycles. The lowest BCUT2D eigenvalue weighted by atomic mass is 9.85. The van der Waals surface area contributed by atoms with Gasteiger partial charge in [0, 0.05) is 13.0 Å². The number of esters is 1. The number of hydrogen-bond acceptors (Lipinski definition) is 6. The molecule has 6 nitrogen and oxygen atoms in total. The van der Waals surface area contributed by atoms with Gasteiger partial charge in [-0.2, -0.15) is 0 Å². The Labute approximate surface area is 212 Å². The minimum atomic E-state index is -1.74. The number of nitrogens with zero attached hydrogens (tertiary/aromatic N) is 1. The molecule has 3 aromatic carbocycles. The molecule has 2 heterocycles. The predicted octanol–water partition coefficient (Wildman–Crippen LogP) is 5.65. The van der Waals surface area contributed by atoms with Crippen LogP contribution in [0, 0.1) is 0 Å². The highest BCUT2D eigenvalue weighted by Crippen LogP contribution is 2.49. The molecule has 2 atom stereocenters. The van der Waals surface area contributed by atoms with Crippen LogP contribution < -0.4 is 14.2 Å². The Balaban J connectivity index is 1.71. The highest BCUT2D eigenvalue weighted by Gasteiger charge is 2.62. The Morgan fingerprint density at radius 1 is 1.00 bits per heavy atom. The molecule has 0 aromatic heterocycles. The van der Waals surface area contributed by atoms with Crippen molar-refractivity contribution < 1.29 is 23.7 Å². The van der Waals surface area contributed by atoms with Crippen LogP contribution in [0.5, 0.6) is 17.2 Å². The molecule has 0 amide bonds. The third-order valence-electron chi connectivity index (χ3n) is 6.93. The molecular weight excluding hydrogens is 501 g/mol. The van der Waals surface area contributed by atoms with Crippen LogP contribution in [0.1, 0.15) is 18.4 Å².